The fourth-order valence-corrected chi connectivity index (χ4v) is 2.83. The van der Waals surface area contributed by atoms with Crippen molar-refractivity contribution in [2.75, 3.05) is 14.2 Å². The minimum Gasteiger partial charge on any atom is -0.497 e. The van der Waals surface area contributed by atoms with Crippen LogP contribution in [0.1, 0.15) is 28.3 Å². The second-order valence-corrected chi connectivity index (χ2v) is 5.42. The zero-order valence-corrected chi connectivity index (χ0v) is 12.6. The molecule has 0 aliphatic carbocycles. The first kappa shape index (κ1) is 14.1. The smallest absolute Gasteiger partial charge is 0.119 e. The molecular weight excluding hydrogens is 262 g/mol. The zero-order chi connectivity index (χ0) is 14.7. The summed E-state index contributed by atoms with van der Waals surface area (Å²) in [6, 6.07) is 15.2. The summed E-state index contributed by atoms with van der Waals surface area (Å²) in [7, 11) is 3.71. The average molecular weight is 283 g/mol. The molecule has 0 saturated carbocycles. The van der Waals surface area contributed by atoms with E-state index in [9.17, 15) is 0 Å². The van der Waals surface area contributed by atoms with Crippen LogP contribution in [0.3, 0.4) is 0 Å². The molecule has 0 bridgehead atoms. The van der Waals surface area contributed by atoms with E-state index in [4.69, 9.17) is 9.47 Å². The van der Waals surface area contributed by atoms with Crippen molar-refractivity contribution in [2.45, 2.75) is 25.7 Å². The van der Waals surface area contributed by atoms with Gasteiger partial charge in [-0.05, 0) is 47.9 Å². The Bertz CT molecular complexity index is 624. The quantitative estimate of drug-likeness (QED) is 0.914. The van der Waals surface area contributed by atoms with E-state index in [-0.39, 0.29) is 0 Å². The minimum atomic E-state index is 0.294. The van der Waals surface area contributed by atoms with Gasteiger partial charge in [-0.3, -0.25) is 0 Å². The van der Waals surface area contributed by atoms with Gasteiger partial charge in [0.2, 0.25) is 0 Å². The molecule has 0 aromatic heterocycles. The molecule has 3 heteroatoms. The predicted octanol–water partition coefficient (Wildman–Crippen LogP) is 3.23. The summed E-state index contributed by atoms with van der Waals surface area (Å²) >= 11 is 0. The van der Waals surface area contributed by atoms with Crippen LogP contribution in [-0.2, 0) is 24.4 Å². The lowest BCUT2D eigenvalue weighted by Crippen LogP contribution is -2.19. The Hall–Kier alpha value is -1.84. The molecule has 21 heavy (non-hydrogen) atoms. The normalized spacial score (nSPS) is 14.8. The Morgan fingerprint density at radius 2 is 2.00 bits per heavy atom. The van der Waals surface area contributed by atoms with E-state index >= 15 is 0 Å². The average Bonchev–Trinajstić information content (AvgIpc) is 3.00. The monoisotopic (exact) mass is 283 g/mol. The first-order chi connectivity index (χ1) is 10.3. The van der Waals surface area contributed by atoms with Gasteiger partial charge in [0.25, 0.3) is 0 Å². The maximum Gasteiger partial charge on any atom is 0.119 e. The number of likely N-dealkylation sites (N-methyl/N-ethyl adjacent to an activating group) is 1. The summed E-state index contributed by atoms with van der Waals surface area (Å²) in [5, 5.41) is 3.41. The van der Waals surface area contributed by atoms with Crippen LogP contribution in [0.4, 0.5) is 0 Å². The van der Waals surface area contributed by atoms with E-state index in [1.807, 2.05) is 19.2 Å². The van der Waals surface area contributed by atoms with Crippen LogP contribution in [0.2, 0.25) is 0 Å². The molecule has 0 amide bonds. The highest BCUT2D eigenvalue weighted by Gasteiger charge is 2.16. The fraction of sp³-hybridized carbons (Fsp3) is 0.333. The van der Waals surface area contributed by atoms with Crippen LogP contribution < -0.4 is 10.1 Å². The minimum absolute atomic E-state index is 0.294. The third-order valence-corrected chi connectivity index (χ3v) is 4.07. The van der Waals surface area contributed by atoms with Crippen molar-refractivity contribution >= 4 is 0 Å². The van der Waals surface area contributed by atoms with Gasteiger partial charge in [0.05, 0.1) is 20.3 Å². The Kier molecular flexibility index (Phi) is 4.23. The van der Waals surface area contributed by atoms with E-state index in [1.54, 1.807) is 7.11 Å². The lowest BCUT2D eigenvalue weighted by atomic mass is 9.96. The molecule has 0 spiro atoms. The van der Waals surface area contributed by atoms with Crippen molar-refractivity contribution in [2.24, 2.45) is 0 Å². The third kappa shape index (κ3) is 3.09. The van der Waals surface area contributed by atoms with Crippen molar-refractivity contribution in [1.82, 2.24) is 5.32 Å². The summed E-state index contributed by atoms with van der Waals surface area (Å²) in [5.74, 6) is 0.907. The highest BCUT2D eigenvalue weighted by Crippen LogP contribution is 2.26. The fourth-order valence-electron chi connectivity index (χ4n) is 2.83. The molecule has 1 atom stereocenters. The van der Waals surface area contributed by atoms with Gasteiger partial charge in [0.1, 0.15) is 5.75 Å². The molecule has 2 aromatic rings. The molecule has 1 aliphatic rings. The molecule has 2 aromatic carbocycles. The van der Waals surface area contributed by atoms with Crippen molar-refractivity contribution in [3.63, 3.8) is 0 Å². The Balaban J connectivity index is 1.81. The van der Waals surface area contributed by atoms with Gasteiger partial charge < -0.3 is 14.8 Å². The summed E-state index contributed by atoms with van der Waals surface area (Å²) in [5.41, 5.74) is 5.21. The van der Waals surface area contributed by atoms with Crippen LogP contribution in [0.25, 0.3) is 0 Å². The van der Waals surface area contributed by atoms with Crippen molar-refractivity contribution in [3.05, 3.63) is 64.7 Å². The van der Waals surface area contributed by atoms with Gasteiger partial charge in [0, 0.05) is 6.04 Å². The predicted molar refractivity (Wildman–Crippen MR) is 83.4 cm³/mol. The maximum absolute atomic E-state index is 5.49. The summed E-state index contributed by atoms with van der Waals surface area (Å²) in [4.78, 5) is 0. The molecule has 1 N–H and O–H groups in total. The Labute approximate surface area is 125 Å². The third-order valence-electron chi connectivity index (χ3n) is 4.07. The van der Waals surface area contributed by atoms with Crippen LogP contribution in [-0.4, -0.2) is 14.2 Å². The van der Waals surface area contributed by atoms with Crippen molar-refractivity contribution in [1.29, 1.82) is 0 Å². The number of nitrogens with one attached hydrogen (secondary N) is 1. The van der Waals surface area contributed by atoms with Gasteiger partial charge in [-0.15, -0.1) is 0 Å². The van der Waals surface area contributed by atoms with Crippen LogP contribution >= 0.6 is 0 Å². The number of rotatable bonds is 5. The van der Waals surface area contributed by atoms with Crippen molar-refractivity contribution in [3.8, 4) is 5.75 Å². The van der Waals surface area contributed by atoms with Crippen LogP contribution in [0.5, 0.6) is 5.75 Å². The largest absolute Gasteiger partial charge is 0.497 e. The molecule has 0 fully saturated rings. The van der Waals surface area contributed by atoms with Crippen molar-refractivity contribution < 1.29 is 9.47 Å². The highest BCUT2D eigenvalue weighted by atomic mass is 16.5. The van der Waals surface area contributed by atoms with E-state index in [2.05, 4.69) is 35.6 Å². The van der Waals surface area contributed by atoms with Crippen LogP contribution in [0, 0.1) is 0 Å². The molecule has 3 rings (SSSR count). The topological polar surface area (TPSA) is 30.5 Å². The van der Waals surface area contributed by atoms with E-state index in [0.29, 0.717) is 6.04 Å². The van der Waals surface area contributed by atoms with Gasteiger partial charge in [-0.2, -0.15) is 0 Å². The van der Waals surface area contributed by atoms with Gasteiger partial charge >= 0.3 is 0 Å². The number of benzene rings is 2. The number of hydrogen-bond donors (Lipinski definition) is 1. The van der Waals surface area contributed by atoms with Gasteiger partial charge in [-0.25, -0.2) is 0 Å². The molecule has 110 valence electrons. The first-order valence-electron chi connectivity index (χ1n) is 7.30. The SMILES string of the molecule is CNC(Cc1cccc(OC)c1)c1ccc2c(c1)COC2. The second kappa shape index (κ2) is 6.29. The number of ether oxygens (including phenoxy) is 2. The number of methoxy groups -OCH3 is 1. The molecule has 3 nitrogen and oxygen atoms in total. The van der Waals surface area contributed by atoms with E-state index in [0.717, 1.165) is 25.4 Å². The van der Waals surface area contributed by atoms with E-state index < -0.39 is 0 Å². The zero-order valence-electron chi connectivity index (χ0n) is 12.6. The summed E-state index contributed by atoms with van der Waals surface area (Å²) in [6.45, 7) is 1.48. The van der Waals surface area contributed by atoms with Crippen LogP contribution in [0.15, 0.2) is 42.5 Å². The standard InChI is InChI=1S/C18H21NO2/c1-19-18(9-13-4-3-5-17(8-13)20-2)14-6-7-15-11-21-12-16(15)10-14/h3-8,10,18-19H,9,11-12H2,1-2H3. The lowest BCUT2D eigenvalue weighted by Gasteiger charge is -2.18. The first-order valence-corrected chi connectivity index (χ1v) is 7.30. The number of hydrogen-bond acceptors (Lipinski definition) is 3. The second-order valence-electron chi connectivity index (χ2n) is 5.42. The molecule has 0 radical (unpaired) electrons. The molecule has 1 heterocycles. The Morgan fingerprint density at radius 3 is 2.81 bits per heavy atom. The maximum atomic E-state index is 5.49. The lowest BCUT2D eigenvalue weighted by molar-refractivity contribution is 0.134. The Morgan fingerprint density at radius 1 is 1.14 bits per heavy atom. The summed E-state index contributed by atoms with van der Waals surface area (Å²) < 4.78 is 10.8. The molecule has 1 aliphatic heterocycles. The summed E-state index contributed by atoms with van der Waals surface area (Å²) in [6.07, 6.45) is 0.938. The molecular formula is C18H21NO2. The highest BCUT2D eigenvalue weighted by molar-refractivity contribution is 5.36. The van der Waals surface area contributed by atoms with Gasteiger partial charge in [0.15, 0.2) is 0 Å². The molecule has 1 unspecified atom stereocenters. The van der Waals surface area contributed by atoms with E-state index in [1.165, 1.54) is 22.3 Å². The van der Waals surface area contributed by atoms with Gasteiger partial charge in [-0.1, -0.05) is 30.3 Å². The number of fused-ring (bicyclic) bond motifs is 1. The molecule has 0 saturated heterocycles.